The number of aliphatic carboxylic acids is 1. The molecule has 5 rings (SSSR count). The molecule has 0 aliphatic carbocycles. The number of carbonyl (C=O) groups is 2. The zero-order chi connectivity index (χ0) is 26.6. The van der Waals surface area contributed by atoms with E-state index in [0.717, 1.165) is 49.3 Å². The first-order valence-corrected chi connectivity index (χ1v) is 13.4. The van der Waals surface area contributed by atoms with Crippen LogP contribution in [0.3, 0.4) is 0 Å². The Morgan fingerprint density at radius 1 is 1.18 bits per heavy atom. The van der Waals surface area contributed by atoms with E-state index in [1.165, 1.54) is 5.56 Å². The predicted octanol–water partition coefficient (Wildman–Crippen LogP) is 4.13. The number of aromatic nitrogens is 3. The van der Waals surface area contributed by atoms with Crippen molar-refractivity contribution >= 4 is 17.7 Å². The Morgan fingerprint density at radius 3 is 2.82 bits per heavy atom. The van der Waals surface area contributed by atoms with Crippen LogP contribution in [0.25, 0.3) is 0 Å². The number of aryl methyl sites for hydroxylation is 3. The molecule has 9 heteroatoms. The molecule has 38 heavy (non-hydrogen) atoms. The minimum Gasteiger partial charge on any atom is -0.481 e. The lowest BCUT2D eigenvalue weighted by atomic mass is 10.0. The first-order valence-electron chi connectivity index (χ1n) is 13.4. The van der Waals surface area contributed by atoms with Gasteiger partial charge in [-0.25, -0.2) is 9.97 Å². The van der Waals surface area contributed by atoms with Gasteiger partial charge in [0.05, 0.1) is 19.1 Å². The second-order valence-corrected chi connectivity index (χ2v) is 10.5. The van der Waals surface area contributed by atoms with Crippen LogP contribution in [-0.4, -0.2) is 56.1 Å². The topological polar surface area (TPSA) is 110 Å². The maximum atomic E-state index is 13.6. The van der Waals surface area contributed by atoms with Crippen molar-refractivity contribution in [2.75, 3.05) is 25.0 Å². The second kappa shape index (κ2) is 11.2. The molecule has 0 saturated carbocycles. The smallest absolute Gasteiger partial charge is 0.305 e. The van der Waals surface area contributed by atoms with E-state index in [-0.39, 0.29) is 12.3 Å². The highest BCUT2D eigenvalue weighted by atomic mass is 16.5. The van der Waals surface area contributed by atoms with Crippen molar-refractivity contribution in [3.8, 4) is 5.88 Å². The molecule has 0 spiro atoms. The zero-order valence-corrected chi connectivity index (χ0v) is 22.0. The maximum Gasteiger partial charge on any atom is 0.305 e. The lowest BCUT2D eigenvalue weighted by Crippen LogP contribution is -2.43. The van der Waals surface area contributed by atoms with E-state index in [0.29, 0.717) is 42.8 Å². The Morgan fingerprint density at radius 2 is 2.05 bits per heavy atom. The summed E-state index contributed by atoms with van der Waals surface area (Å²) in [5.74, 6) is 0.731. The predicted molar refractivity (Wildman–Crippen MR) is 143 cm³/mol. The number of ether oxygens (including phenoxy) is 1. The Balaban J connectivity index is 1.29. The van der Waals surface area contributed by atoms with Crippen LogP contribution in [0.4, 0.5) is 5.82 Å². The van der Waals surface area contributed by atoms with Crippen LogP contribution in [-0.2, 0) is 30.6 Å². The molecule has 200 valence electrons. The molecule has 0 fully saturated rings. The molecule has 0 aromatic carbocycles. The fraction of sp³-hybridized carbons (Fsp3) is 0.448. The number of nitrogens with one attached hydrogen (secondary N) is 1. The van der Waals surface area contributed by atoms with Crippen molar-refractivity contribution in [3.63, 3.8) is 0 Å². The van der Waals surface area contributed by atoms with Crippen LogP contribution >= 0.6 is 0 Å². The molecule has 1 atom stereocenters. The van der Waals surface area contributed by atoms with E-state index < -0.39 is 12.0 Å². The number of anilines is 1. The summed E-state index contributed by atoms with van der Waals surface area (Å²) >= 11 is 0. The zero-order valence-electron chi connectivity index (χ0n) is 22.0. The lowest BCUT2D eigenvalue weighted by molar-refractivity contribution is -0.138. The van der Waals surface area contributed by atoms with Crippen molar-refractivity contribution in [2.45, 2.75) is 58.5 Å². The van der Waals surface area contributed by atoms with Crippen molar-refractivity contribution in [3.05, 3.63) is 70.8 Å². The van der Waals surface area contributed by atoms with Gasteiger partial charge in [0.15, 0.2) is 0 Å². The van der Waals surface area contributed by atoms with Gasteiger partial charge in [-0.3, -0.25) is 9.59 Å². The molecule has 9 nitrogen and oxygen atoms in total. The summed E-state index contributed by atoms with van der Waals surface area (Å²) < 4.78 is 7.64. The Kier molecular flexibility index (Phi) is 7.62. The number of fused-ring (bicyclic) bond motifs is 2. The minimum atomic E-state index is -0.961. The third-order valence-corrected chi connectivity index (χ3v) is 7.09. The standard InChI is InChI=1S/C29H35N5O4/c1-19(2)18-38-26-10-7-22(16-31-26)24(15-27(35)36)34-13-12-33-17-20(14-25(33)29(34)37)5-8-23-9-6-21-4-3-11-30-28(21)32-23/h6-7,9-10,14,16-17,19,24H,3-5,8,11-13,15,18H2,1-2H3,(H,30,32)(H,35,36)/t24-/m0/s1. The largest absolute Gasteiger partial charge is 0.481 e. The summed E-state index contributed by atoms with van der Waals surface area (Å²) in [6.07, 6.45) is 7.23. The van der Waals surface area contributed by atoms with Crippen molar-refractivity contribution in [1.82, 2.24) is 19.4 Å². The molecule has 2 N–H and O–H groups in total. The third kappa shape index (κ3) is 5.82. The first-order chi connectivity index (χ1) is 18.4. The minimum absolute atomic E-state index is 0.162. The van der Waals surface area contributed by atoms with E-state index in [9.17, 15) is 14.7 Å². The molecule has 5 heterocycles. The van der Waals surface area contributed by atoms with Crippen LogP contribution in [0.5, 0.6) is 5.88 Å². The molecule has 2 aliphatic rings. The quantitative estimate of drug-likeness (QED) is 0.416. The molecule has 2 aliphatic heterocycles. The Hall–Kier alpha value is -3.88. The Labute approximate surface area is 222 Å². The highest BCUT2D eigenvalue weighted by molar-refractivity contribution is 5.94. The molecule has 0 bridgehead atoms. The number of carboxylic acid groups (broad SMARTS) is 1. The van der Waals surface area contributed by atoms with Crippen molar-refractivity contribution in [2.24, 2.45) is 5.92 Å². The van der Waals surface area contributed by atoms with Crippen molar-refractivity contribution in [1.29, 1.82) is 0 Å². The fourth-order valence-corrected chi connectivity index (χ4v) is 5.11. The number of amides is 1. The van der Waals surface area contributed by atoms with Crippen molar-refractivity contribution < 1.29 is 19.4 Å². The van der Waals surface area contributed by atoms with E-state index >= 15 is 0 Å². The molecular formula is C29H35N5O4. The van der Waals surface area contributed by atoms with Crippen LogP contribution in [0.2, 0.25) is 0 Å². The van der Waals surface area contributed by atoms with Crippen LogP contribution in [0.1, 0.15) is 65.6 Å². The third-order valence-electron chi connectivity index (χ3n) is 7.09. The molecule has 1 amide bonds. The van der Waals surface area contributed by atoms with Gasteiger partial charge in [-0.1, -0.05) is 26.0 Å². The highest BCUT2D eigenvalue weighted by Crippen LogP contribution is 2.30. The van der Waals surface area contributed by atoms with Gasteiger partial charge in [-0.05, 0) is 60.4 Å². The van der Waals surface area contributed by atoms with E-state index in [1.807, 2.05) is 22.9 Å². The number of pyridine rings is 2. The van der Waals surface area contributed by atoms with E-state index in [1.54, 1.807) is 17.2 Å². The Bertz CT molecular complexity index is 1300. The monoisotopic (exact) mass is 517 g/mol. The van der Waals surface area contributed by atoms with Gasteiger partial charge < -0.3 is 24.6 Å². The number of carboxylic acids is 1. The van der Waals surface area contributed by atoms with E-state index in [2.05, 4.69) is 36.3 Å². The van der Waals surface area contributed by atoms with Gasteiger partial charge in [0.1, 0.15) is 11.5 Å². The number of rotatable bonds is 10. The first kappa shape index (κ1) is 25.8. The van der Waals surface area contributed by atoms with Gasteiger partial charge in [0.25, 0.3) is 5.91 Å². The molecule has 0 unspecified atom stereocenters. The fourth-order valence-electron chi connectivity index (χ4n) is 5.11. The van der Waals surface area contributed by atoms with Gasteiger partial charge in [0, 0.05) is 43.8 Å². The molecular weight excluding hydrogens is 482 g/mol. The molecule has 0 saturated heterocycles. The number of carbonyl (C=O) groups excluding carboxylic acids is 1. The molecule has 0 radical (unpaired) electrons. The normalized spacial score (nSPS) is 15.6. The number of nitrogens with zero attached hydrogens (tertiary/aromatic N) is 4. The summed E-state index contributed by atoms with van der Waals surface area (Å²) in [6, 6.07) is 9.14. The van der Waals surface area contributed by atoms with Crippen LogP contribution < -0.4 is 10.1 Å². The van der Waals surface area contributed by atoms with Gasteiger partial charge in [-0.15, -0.1) is 0 Å². The average Bonchev–Trinajstić information content (AvgIpc) is 3.34. The van der Waals surface area contributed by atoms with Crippen LogP contribution in [0.15, 0.2) is 42.7 Å². The lowest BCUT2D eigenvalue weighted by Gasteiger charge is -2.34. The van der Waals surface area contributed by atoms with Gasteiger partial charge in [0.2, 0.25) is 5.88 Å². The van der Waals surface area contributed by atoms with E-state index in [4.69, 9.17) is 9.72 Å². The molecule has 3 aromatic rings. The van der Waals surface area contributed by atoms with Crippen LogP contribution in [0, 0.1) is 5.92 Å². The summed E-state index contributed by atoms with van der Waals surface area (Å²) in [5, 5.41) is 13.0. The number of hydrogen-bond acceptors (Lipinski definition) is 6. The van der Waals surface area contributed by atoms with Gasteiger partial charge >= 0.3 is 5.97 Å². The summed E-state index contributed by atoms with van der Waals surface area (Å²) in [5.41, 5.74) is 4.65. The molecule has 3 aromatic heterocycles. The summed E-state index contributed by atoms with van der Waals surface area (Å²) in [7, 11) is 0. The summed E-state index contributed by atoms with van der Waals surface area (Å²) in [4.78, 5) is 36.1. The average molecular weight is 518 g/mol. The second-order valence-electron chi connectivity index (χ2n) is 10.5. The number of hydrogen-bond donors (Lipinski definition) is 2. The highest BCUT2D eigenvalue weighted by Gasteiger charge is 2.33. The summed E-state index contributed by atoms with van der Waals surface area (Å²) in [6.45, 7) is 6.67. The SMILES string of the molecule is CC(C)COc1ccc([C@H](CC(=O)O)N2CCn3cc(CCc4ccc5c(n4)NCCC5)cc3C2=O)cn1. The van der Waals surface area contributed by atoms with Gasteiger partial charge in [-0.2, -0.15) is 0 Å². The maximum absolute atomic E-state index is 13.6.